The molecule has 3 unspecified atom stereocenters. The first kappa shape index (κ1) is 21.8. The number of thiocarbonyl (C=S) groups is 1. The van der Waals surface area contributed by atoms with Gasteiger partial charge < -0.3 is 15.5 Å². The topological polar surface area (TPSA) is 56.7 Å². The molecule has 0 saturated heterocycles. The van der Waals surface area contributed by atoms with Crippen LogP contribution < -0.4 is 15.5 Å². The van der Waals surface area contributed by atoms with Gasteiger partial charge in [0.1, 0.15) is 0 Å². The van der Waals surface area contributed by atoms with E-state index in [1.807, 2.05) is 42.5 Å². The highest BCUT2D eigenvalue weighted by Crippen LogP contribution is 2.30. The number of nitrogens with zero attached hydrogens (tertiary/aromatic N) is 2. The standard InChI is InChI=1S/C24H27ClN4OS/c1-15-8-6-7-11-19(15)26-24(31)28-22-23(30)29(2)20-13-12-17(25)14-18(20)21(27-22)16-9-4-3-5-10-16/h3-5,9-10,12-15,19,22H,6-8,11H2,1-2H3,(H2,26,28,31). The minimum Gasteiger partial charge on any atom is -0.360 e. The zero-order valence-corrected chi connectivity index (χ0v) is 19.3. The Balaban J connectivity index is 1.67. The van der Waals surface area contributed by atoms with Crippen molar-refractivity contribution in [2.45, 2.75) is 44.8 Å². The highest BCUT2D eigenvalue weighted by molar-refractivity contribution is 7.80. The molecule has 2 N–H and O–H groups in total. The molecule has 0 aromatic heterocycles. The highest BCUT2D eigenvalue weighted by Gasteiger charge is 2.31. The summed E-state index contributed by atoms with van der Waals surface area (Å²) < 4.78 is 0. The first-order valence-electron chi connectivity index (χ1n) is 10.7. The maximum Gasteiger partial charge on any atom is 0.272 e. The van der Waals surface area contributed by atoms with Gasteiger partial charge in [-0.15, -0.1) is 0 Å². The van der Waals surface area contributed by atoms with E-state index >= 15 is 0 Å². The molecule has 162 valence electrons. The molecule has 2 aromatic rings. The average Bonchev–Trinajstić information content (AvgIpc) is 2.86. The van der Waals surface area contributed by atoms with Gasteiger partial charge in [0.15, 0.2) is 5.11 Å². The van der Waals surface area contributed by atoms with Crippen LogP contribution in [0.25, 0.3) is 0 Å². The second-order valence-corrected chi connectivity index (χ2v) is 9.14. The number of likely N-dealkylation sites (N-methyl/N-ethyl adjacent to an activating group) is 1. The predicted octanol–water partition coefficient (Wildman–Crippen LogP) is 4.52. The van der Waals surface area contributed by atoms with Crippen molar-refractivity contribution in [2.24, 2.45) is 10.9 Å². The second kappa shape index (κ2) is 9.37. The third-order valence-electron chi connectivity index (χ3n) is 6.14. The van der Waals surface area contributed by atoms with Crippen LogP contribution in [-0.4, -0.2) is 36.0 Å². The zero-order chi connectivity index (χ0) is 22.0. The first-order chi connectivity index (χ1) is 14.9. The Kier molecular flexibility index (Phi) is 6.58. The fourth-order valence-electron chi connectivity index (χ4n) is 4.33. The maximum atomic E-state index is 13.3. The number of halogens is 1. The van der Waals surface area contributed by atoms with E-state index < -0.39 is 6.17 Å². The van der Waals surface area contributed by atoms with E-state index in [-0.39, 0.29) is 5.91 Å². The van der Waals surface area contributed by atoms with E-state index in [2.05, 4.69) is 17.6 Å². The van der Waals surface area contributed by atoms with Crippen LogP contribution in [0.1, 0.15) is 43.7 Å². The third kappa shape index (κ3) is 4.75. The summed E-state index contributed by atoms with van der Waals surface area (Å²) in [4.78, 5) is 19.8. The molecule has 1 fully saturated rings. The van der Waals surface area contributed by atoms with Crippen LogP contribution in [0.3, 0.4) is 0 Å². The molecule has 7 heteroatoms. The van der Waals surface area contributed by atoms with Gasteiger partial charge in [-0.25, -0.2) is 4.99 Å². The average molecular weight is 455 g/mol. The number of nitrogens with one attached hydrogen (secondary N) is 2. The number of fused-ring (bicyclic) bond motifs is 1. The van der Waals surface area contributed by atoms with E-state index in [4.69, 9.17) is 28.8 Å². The quantitative estimate of drug-likeness (QED) is 0.669. The lowest BCUT2D eigenvalue weighted by atomic mass is 9.86. The van der Waals surface area contributed by atoms with Gasteiger partial charge in [-0.2, -0.15) is 0 Å². The largest absolute Gasteiger partial charge is 0.360 e. The maximum absolute atomic E-state index is 13.3. The molecule has 1 amide bonds. The number of carbonyl (C=O) groups is 1. The fourth-order valence-corrected chi connectivity index (χ4v) is 4.77. The Morgan fingerprint density at radius 3 is 2.61 bits per heavy atom. The zero-order valence-electron chi connectivity index (χ0n) is 17.8. The summed E-state index contributed by atoms with van der Waals surface area (Å²) in [6.07, 6.45) is 3.91. The van der Waals surface area contributed by atoms with E-state index in [9.17, 15) is 4.79 Å². The number of carbonyl (C=O) groups excluding carboxylic acids is 1. The van der Waals surface area contributed by atoms with Gasteiger partial charge in [0.25, 0.3) is 5.91 Å². The third-order valence-corrected chi connectivity index (χ3v) is 6.61. The van der Waals surface area contributed by atoms with Crippen molar-refractivity contribution in [3.8, 4) is 0 Å². The molecule has 4 rings (SSSR count). The van der Waals surface area contributed by atoms with E-state index in [0.717, 1.165) is 23.2 Å². The minimum atomic E-state index is -0.828. The Morgan fingerprint density at radius 2 is 1.87 bits per heavy atom. The molecule has 0 radical (unpaired) electrons. The van der Waals surface area contributed by atoms with Crippen molar-refractivity contribution in [3.05, 3.63) is 64.7 Å². The number of benzodiazepines with no additional fused rings is 1. The fraction of sp³-hybridized carbons (Fsp3) is 0.375. The lowest BCUT2D eigenvalue weighted by molar-refractivity contribution is -0.119. The Labute approximate surface area is 193 Å². The van der Waals surface area contributed by atoms with Gasteiger partial charge in [0.2, 0.25) is 6.17 Å². The van der Waals surface area contributed by atoms with E-state index in [1.165, 1.54) is 19.3 Å². The molecular weight excluding hydrogens is 428 g/mol. The van der Waals surface area contributed by atoms with Crippen LogP contribution in [-0.2, 0) is 4.79 Å². The van der Waals surface area contributed by atoms with E-state index in [0.29, 0.717) is 27.8 Å². The van der Waals surface area contributed by atoms with Crippen LogP contribution in [0, 0.1) is 5.92 Å². The molecule has 1 saturated carbocycles. The number of aliphatic imine (C=N–C) groups is 1. The summed E-state index contributed by atoms with van der Waals surface area (Å²) in [6, 6.07) is 15.7. The van der Waals surface area contributed by atoms with Crippen molar-refractivity contribution in [1.29, 1.82) is 0 Å². The first-order valence-corrected chi connectivity index (χ1v) is 11.5. The summed E-state index contributed by atoms with van der Waals surface area (Å²) in [6.45, 7) is 2.25. The molecule has 1 aliphatic heterocycles. The van der Waals surface area contributed by atoms with Crippen LogP contribution in [0.4, 0.5) is 5.69 Å². The molecule has 5 nitrogen and oxygen atoms in total. The van der Waals surface area contributed by atoms with Crippen molar-refractivity contribution in [1.82, 2.24) is 10.6 Å². The molecular formula is C24H27ClN4OS. The smallest absolute Gasteiger partial charge is 0.272 e. The predicted molar refractivity (Wildman–Crippen MR) is 131 cm³/mol. The number of hydrogen-bond acceptors (Lipinski definition) is 3. The summed E-state index contributed by atoms with van der Waals surface area (Å²) in [5.41, 5.74) is 3.21. The van der Waals surface area contributed by atoms with Gasteiger partial charge in [0.05, 0.1) is 11.4 Å². The van der Waals surface area contributed by atoms with Crippen LogP contribution in [0.5, 0.6) is 0 Å². The SMILES string of the molecule is CC1CCCCC1NC(=S)NC1N=C(c2ccccc2)c2cc(Cl)ccc2N(C)C1=O. The number of benzene rings is 2. The lowest BCUT2D eigenvalue weighted by Crippen LogP contribution is -2.52. The molecule has 31 heavy (non-hydrogen) atoms. The normalized spacial score (nSPS) is 23.5. The summed E-state index contributed by atoms with van der Waals surface area (Å²) in [7, 11) is 1.76. The summed E-state index contributed by atoms with van der Waals surface area (Å²) >= 11 is 11.9. The highest BCUT2D eigenvalue weighted by atomic mass is 35.5. The number of anilines is 1. The molecule has 0 spiro atoms. The molecule has 1 aliphatic carbocycles. The van der Waals surface area contributed by atoms with Gasteiger partial charge in [-0.1, -0.05) is 61.7 Å². The number of amides is 1. The molecule has 1 heterocycles. The summed E-state index contributed by atoms with van der Waals surface area (Å²) in [5.74, 6) is 0.381. The lowest BCUT2D eigenvalue weighted by Gasteiger charge is -2.31. The van der Waals surface area contributed by atoms with Gasteiger partial charge in [-0.3, -0.25) is 4.79 Å². The van der Waals surface area contributed by atoms with Crippen molar-refractivity contribution in [3.63, 3.8) is 0 Å². The van der Waals surface area contributed by atoms with Crippen LogP contribution in [0.2, 0.25) is 5.02 Å². The van der Waals surface area contributed by atoms with Gasteiger partial charge in [-0.05, 0) is 49.2 Å². The molecule has 3 atom stereocenters. The second-order valence-electron chi connectivity index (χ2n) is 8.29. The van der Waals surface area contributed by atoms with Crippen molar-refractivity contribution >= 4 is 46.2 Å². The summed E-state index contributed by atoms with van der Waals surface area (Å²) in [5, 5.41) is 7.64. The number of hydrogen-bond donors (Lipinski definition) is 2. The van der Waals surface area contributed by atoms with Gasteiger partial charge >= 0.3 is 0 Å². The van der Waals surface area contributed by atoms with Crippen molar-refractivity contribution in [2.75, 3.05) is 11.9 Å². The Hall–Kier alpha value is -2.44. The van der Waals surface area contributed by atoms with E-state index in [1.54, 1.807) is 18.0 Å². The number of rotatable bonds is 3. The minimum absolute atomic E-state index is 0.171. The van der Waals surface area contributed by atoms with Crippen LogP contribution in [0.15, 0.2) is 53.5 Å². The molecule has 0 bridgehead atoms. The Morgan fingerprint density at radius 1 is 1.13 bits per heavy atom. The van der Waals surface area contributed by atoms with Crippen LogP contribution >= 0.6 is 23.8 Å². The molecule has 2 aromatic carbocycles. The Bertz CT molecular complexity index is 1010. The molecule has 2 aliphatic rings. The monoisotopic (exact) mass is 454 g/mol. The van der Waals surface area contributed by atoms with Gasteiger partial charge in [0, 0.05) is 29.2 Å². The van der Waals surface area contributed by atoms with Crippen molar-refractivity contribution < 1.29 is 4.79 Å².